The number of hydrogen-bond acceptors (Lipinski definition) is 3. The van der Waals surface area contributed by atoms with Gasteiger partial charge >= 0.3 is 0 Å². The third kappa shape index (κ3) is 4.02. The monoisotopic (exact) mass is 368 g/mol. The van der Waals surface area contributed by atoms with Gasteiger partial charge in [0.15, 0.2) is 5.82 Å². The number of aromatic nitrogens is 3. The van der Waals surface area contributed by atoms with E-state index in [2.05, 4.69) is 20.5 Å². The molecule has 0 unspecified atom stereocenters. The van der Waals surface area contributed by atoms with Crippen LogP contribution in [0.5, 0.6) is 0 Å². The molecule has 0 saturated heterocycles. The SMILES string of the molecule is O=C(CCc1c(F)cccc1F)Nc1cccc(-c2n[nH]c(C3CC3)n2)c1. The molecule has 27 heavy (non-hydrogen) atoms. The van der Waals surface area contributed by atoms with E-state index >= 15 is 0 Å². The number of rotatable bonds is 6. The van der Waals surface area contributed by atoms with Crippen LogP contribution in [0.1, 0.15) is 36.6 Å². The van der Waals surface area contributed by atoms with Crippen LogP contribution in [0, 0.1) is 11.6 Å². The molecule has 0 radical (unpaired) electrons. The van der Waals surface area contributed by atoms with Gasteiger partial charge in [-0.1, -0.05) is 18.2 Å². The number of aromatic amines is 1. The highest BCUT2D eigenvalue weighted by Gasteiger charge is 2.27. The lowest BCUT2D eigenvalue weighted by atomic mass is 10.1. The minimum absolute atomic E-state index is 0.00427. The Hall–Kier alpha value is -3.09. The van der Waals surface area contributed by atoms with E-state index in [0.717, 1.165) is 24.2 Å². The standard InChI is InChI=1S/C20H18F2N4O/c21-16-5-2-6-17(22)15(16)9-10-18(27)23-14-4-1-3-13(11-14)20-24-19(25-26-20)12-7-8-12/h1-6,11-12H,7-10H2,(H,23,27)(H,24,25,26). The average molecular weight is 368 g/mol. The molecule has 1 fully saturated rings. The van der Waals surface area contributed by atoms with Crippen LogP contribution in [0.4, 0.5) is 14.5 Å². The number of anilines is 1. The molecule has 1 saturated carbocycles. The van der Waals surface area contributed by atoms with E-state index < -0.39 is 11.6 Å². The Morgan fingerprint density at radius 2 is 1.89 bits per heavy atom. The van der Waals surface area contributed by atoms with Crippen molar-refractivity contribution in [1.82, 2.24) is 15.2 Å². The molecule has 0 bridgehead atoms. The van der Waals surface area contributed by atoms with Gasteiger partial charge in [0.1, 0.15) is 17.5 Å². The van der Waals surface area contributed by atoms with E-state index in [-0.39, 0.29) is 24.3 Å². The Balaban J connectivity index is 1.40. The molecule has 5 nitrogen and oxygen atoms in total. The van der Waals surface area contributed by atoms with Crippen molar-refractivity contribution < 1.29 is 13.6 Å². The summed E-state index contributed by atoms with van der Waals surface area (Å²) in [6.07, 6.45) is 2.24. The minimum Gasteiger partial charge on any atom is -0.326 e. The van der Waals surface area contributed by atoms with Crippen LogP contribution >= 0.6 is 0 Å². The summed E-state index contributed by atoms with van der Waals surface area (Å²) in [7, 11) is 0. The fourth-order valence-corrected chi connectivity index (χ4v) is 2.91. The lowest BCUT2D eigenvalue weighted by Gasteiger charge is -2.07. The first kappa shape index (κ1) is 17.3. The molecule has 2 aromatic carbocycles. The average Bonchev–Trinajstić information content (AvgIpc) is 3.38. The van der Waals surface area contributed by atoms with Gasteiger partial charge in [-0.15, -0.1) is 0 Å². The van der Waals surface area contributed by atoms with E-state index in [0.29, 0.717) is 17.4 Å². The Morgan fingerprint density at radius 1 is 1.15 bits per heavy atom. The number of H-pyrrole nitrogens is 1. The van der Waals surface area contributed by atoms with Crippen molar-refractivity contribution in [3.05, 3.63) is 65.5 Å². The number of carbonyl (C=O) groups excluding carboxylic acids is 1. The molecule has 138 valence electrons. The first-order valence-electron chi connectivity index (χ1n) is 8.85. The van der Waals surface area contributed by atoms with Gasteiger partial charge in [-0.25, -0.2) is 13.8 Å². The zero-order valence-corrected chi connectivity index (χ0v) is 14.5. The van der Waals surface area contributed by atoms with Crippen LogP contribution in [-0.4, -0.2) is 21.1 Å². The summed E-state index contributed by atoms with van der Waals surface area (Å²) < 4.78 is 27.3. The van der Waals surface area contributed by atoms with Crippen molar-refractivity contribution in [2.24, 2.45) is 0 Å². The first-order valence-corrected chi connectivity index (χ1v) is 8.85. The molecule has 3 aromatic rings. The Labute approximate surface area is 154 Å². The largest absolute Gasteiger partial charge is 0.326 e. The molecule has 1 heterocycles. The Kier molecular flexibility index (Phi) is 4.66. The van der Waals surface area contributed by atoms with Gasteiger partial charge in [0.2, 0.25) is 5.91 Å². The van der Waals surface area contributed by atoms with Crippen molar-refractivity contribution in [1.29, 1.82) is 0 Å². The number of hydrogen-bond donors (Lipinski definition) is 2. The molecule has 7 heteroatoms. The summed E-state index contributed by atoms with van der Waals surface area (Å²) in [5.74, 6) is 0.367. The fraction of sp³-hybridized carbons (Fsp3) is 0.250. The van der Waals surface area contributed by atoms with Gasteiger partial charge in [0, 0.05) is 29.2 Å². The van der Waals surface area contributed by atoms with Crippen molar-refractivity contribution in [3.63, 3.8) is 0 Å². The van der Waals surface area contributed by atoms with E-state index in [1.54, 1.807) is 18.2 Å². The van der Waals surface area contributed by atoms with Gasteiger partial charge in [0.25, 0.3) is 0 Å². The maximum Gasteiger partial charge on any atom is 0.224 e. The van der Waals surface area contributed by atoms with Gasteiger partial charge in [-0.2, -0.15) is 5.10 Å². The number of carbonyl (C=O) groups is 1. The molecule has 1 aromatic heterocycles. The number of amides is 1. The third-order valence-electron chi connectivity index (χ3n) is 4.54. The molecular formula is C20H18F2N4O. The zero-order valence-electron chi connectivity index (χ0n) is 14.5. The number of nitrogens with one attached hydrogen (secondary N) is 2. The fourth-order valence-electron chi connectivity index (χ4n) is 2.91. The summed E-state index contributed by atoms with van der Waals surface area (Å²) in [6, 6.07) is 10.9. The number of benzene rings is 2. The van der Waals surface area contributed by atoms with Crippen LogP contribution in [0.2, 0.25) is 0 Å². The molecule has 1 aliphatic rings. The van der Waals surface area contributed by atoms with Crippen molar-refractivity contribution >= 4 is 11.6 Å². The molecular weight excluding hydrogens is 350 g/mol. The third-order valence-corrected chi connectivity index (χ3v) is 4.54. The van der Waals surface area contributed by atoms with Gasteiger partial charge in [0.05, 0.1) is 0 Å². The maximum atomic E-state index is 13.6. The Bertz CT molecular complexity index is 961. The van der Waals surface area contributed by atoms with Gasteiger partial charge in [-0.3, -0.25) is 9.89 Å². The molecule has 1 aliphatic carbocycles. The molecule has 0 aliphatic heterocycles. The van der Waals surface area contributed by atoms with E-state index in [4.69, 9.17) is 0 Å². The molecule has 2 N–H and O–H groups in total. The topological polar surface area (TPSA) is 70.7 Å². The summed E-state index contributed by atoms with van der Waals surface area (Å²) in [4.78, 5) is 16.7. The first-order chi connectivity index (χ1) is 13.1. The lowest BCUT2D eigenvalue weighted by molar-refractivity contribution is -0.116. The molecule has 4 rings (SSSR count). The molecule has 1 amide bonds. The van der Waals surface area contributed by atoms with Crippen molar-refractivity contribution in [2.75, 3.05) is 5.32 Å². The van der Waals surface area contributed by atoms with Crippen LogP contribution in [0.3, 0.4) is 0 Å². The highest BCUT2D eigenvalue weighted by atomic mass is 19.1. The van der Waals surface area contributed by atoms with Crippen LogP contribution in [-0.2, 0) is 11.2 Å². The molecule has 0 atom stereocenters. The predicted molar refractivity (Wildman–Crippen MR) is 97.1 cm³/mol. The maximum absolute atomic E-state index is 13.6. The van der Waals surface area contributed by atoms with Crippen molar-refractivity contribution in [3.8, 4) is 11.4 Å². The van der Waals surface area contributed by atoms with E-state index in [1.807, 2.05) is 6.07 Å². The summed E-state index contributed by atoms with van der Waals surface area (Å²) >= 11 is 0. The highest BCUT2D eigenvalue weighted by Crippen LogP contribution is 2.38. The van der Waals surface area contributed by atoms with Gasteiger partial charge in [-0.05, 0) is 43.5 Å². The zero-order chi connectivity index (χ0) is 18.8. The summed E-state index contributed by atoms with van der Waals surface area (Å²) in [5.41, 5.74) is 1.30. The Morgan fingerprint density at radius 3 is 2.63 bits per heavy atom. The quantitative estimate of drug-likeness (QED) is 0.685. The normalized spacial score (nSPS) is 13.6. The van der Waals surface area contributed by atoms with Gasteiger partial charge < -0.3 is 5.32 Å². The predicted octanol–water partition coefficient (Wildman–Crippen LogP) is 4.20. The smallest absolute Gasteiger partial charge is 0.224 e. The minimum atomic E-state index is -0.638. The second-order valence-corrected chi connectivity index (χ2v) is 6.65. The summed E-state index contributed by atoms with van der Waals surface area (Å²) in [5, 5.41) is 9.94. The summed E-state index contributed by atoms with van der Waals surface area (Å²) in [6.45, 7) is 0. The van der Waals surface area contributed by atoms with Crippen LogP contribution in [0.15, 0.2) is 42.5 Å². The van der Waals surface area contributed by atoms with Crippen LogP contribution in [0.25, 0.3) is 11.4 Å². The molecule has 0 spiro atoms. The second kappa shape index (κ2) is 7.26. The van der Waals surface area contributed by atoms with E-state index in [9.17, 15) is 13.6 Å². The van der Waals surface area contributed by atoms with E-state index in [1.165, 1.54) is 18.2 Å². The highest BCUT2D eigenvalue weighted by molar-refractivity contribution is 5.91. The lowest BCUT2D eigenvalue weighted by Crippen LogP contribution is -2.13. The van der Waals surface area contributed by atoms with Crippen LogP contribution < -0.4 is 5.32 Å². The second-order valence-electron chi connectivity index (χ2n) is 6.65. The number of nitrogens with zero attached hydrogens (tertiary/aromatic N) is 2. The van der Waals surface area contributed by atoms with Crippen molar-refractivity contribution in [2.45, 2.75) is 31.6 Å². The number of halogens is 2.